The van der Waals surface area contributed by atoms with E-state index in [1.165, 1.54) is 0 Å². The molecular weight excluding hydrogens is 753 g/mol. The van der Waals surface area contributed by atoms with Crippen molar-refractivity contribution in [2.75, 3.05) is 13.1 Å². The molecular formula is C44H50N8O5S. The number of fused-ring (bicyclic) bond motifs is 4. The molecule has 13 nitrogen and oxygen atoms in total. The zero-order valence-corrected chi connectivity index (χ0v) is 33.0. The van der Waals surface area contributed by atoms with Gasteiger partial charge in [-0.2, -0.15) is 0 Å². The number of thiophene rings is 1. The molecule has 58 heavy (non-hydrogen) atoms. The lowest BCUT2D eigenvalue weighted by Crippen LogP contribution is -2.65. The van der Waals surface area contributed by atoms with Crippen LogP contribution in [0.15, 0.2) is 90.4 Å². The number of benzene rings is 3. The molecule has 8 rings (SSSR count). The van der Waals surface area contributed by atoms with E-state index in [-0.39, 0.29) is 37.1 Å². The lowest BCUT2D eigenvalue weighted by Gasteiger charge is -2.36. The smallest absolute Gasteiger partial charge is 0.243 e. The van der Waals surface area contributed by atoms with Crippen LogP contribution in [0.4, 0.5) is 0 Å². The first-order valence-corrected chi connectivity index (χ1v) is 21.1. The van der Waals surface area contributed by atoms with Crippen LogP contribution in [0.3, 0.4) is 0 Å². The molecule has 1 aliphatic carbocycles. The van der Waals surface area contributed by atoms with Gasteiger partial charge >= 0.3 is 0 Å². The molecule has 2 aliphatic heterocycles. The number of carbonyl (C=O) groups is 5. The van der Waals surface area contributed by atoms with Crippen molar-refractivity contribution in [1.82, 2.24) is 36.9 Å². The van der Waals surface area contributed by atoms with Crippen LogP contribution in [-0.2, 0) is 43.2 Å². The molecule has 1 unspecified atom stereocenters. The number of rotatable bonds is 15. The zero-order chi connectivity index (χ0) is 40.2. The molecule has 302 valence electrons. The summed E-state index contributed by atoms with van der Waals surface area (Å²) in [5.74, 6) is -2.31. The average Bonchev–Trinajstić information content (AvgIpc) is 4.06. The fraction of sp³-hybridized carbons (Fsp3) is 0.386. The van der Waals surface area contributed by atoms with E-state index in [4.69, 9.17) is 5.73 Å². The summed E-state index contributed by atoms with van der Waals surface area (Å²) >= 11 is 1.57. The minimum Gasteiger partial charge on any atom is -0.368 e. The largest absolute Gasteiger partial charge is 0.368 e. The second kappa shape index (κ2) is 17.1. The van der Waals surface area contributed by atoms with E-state index in [1.807, 2.05) is 90.4 Å². The van der Waals surface area contributed by atoms with Gasteiger partial charge in [-0.3, -0.25) is 24.0 Å². The summed E-state index contributed by atoms with van der Waals surface area (Å²) in [6.45, 7) is 0.989. The quantitative estimate of drug-likeness (QED) is 0.0796. The molecule has 9 N–H and O–H groups in total. The molecule has 0 spiro atoms. The lowest BCUT2D eigenvalue weighted by atomic mass is 9.87. The Morgan fingerprint density at radius 3 is 2.10 bits per heavy atom. The van der Waals surface area contributed by atoms with Gasteiger partial charge < -0.3 is 42.6 Å². The van der Waals surface area contributed by atoms with E-state index in [9.17, 15) is 24.0 Å². The van der Waals surface area contributed by atoms with E-state index >= 15 is 0 Å². The minimum atomic E-state index is -1.27. The first-order chi connectivity index (χ1) is 28.2. The fourth-order valence-electron chi connectivity index (χ4n) is 8.97. The van der Waals surface area contributed by atoms with Crippen LogP contribution in [0.5, 0.6) is 0 Å². The van der Waals surface area contributed by atoms with Crippen LogP contribution in [0, 0.1) is 5.92 Å². The molecule has 3 aromatic carbocycles. The van der Waals surface area contributed by atoms with E-state index in [2.05, 4.69) is 36.9 Å². The van der Waals surface area contributed by atoms with Gasteiger partial charge in [-0.1, -0.05) is 66.7 Å². The number of aromatic nitrogens is 1. The molecule has 2 bridgehead atoms. The number of piperidine rings is 2. The molecule has 3 aliphatic rings. The van der Waals surface area contributed by atoms with E-state index in [0.29, 0.717) is 32.0 Å². The van der Waals surface area contributed by atoms with Crippen molar-refractivity contribution >= 4 is 61.9 Å². The fourth-order valence-corrected chi connectivity index (χ4v) is 9.95. The van der Waals surface area contributed by atoms with Crippen molar-refractivity contribution in [1.29, 1.82) is 0 Å². The highest BCUT2D eigenvalue weighted by atomic mass is 32.1. The van der Waals surface area contributed by atoms with Crippen molar-refractivity contribution in [2.45, 2.75) is 87.1 Å². The van der Waals surface area contributed by atoms with Gasteiger partial charge in [-0.05, 0) is 90.7 Å². The molecule has 0 radical (unpaired) electrons. The molecule has 2 saturated heterocycles. The Morgan fingerprint density at radius 1 is 0.741 bits per heavy atom. The number of amides is 5. The van der Waals surface area contributed by atoms with Crippen molar-refractivity contribution < 1.29 is 24.0 Å². The Kier molecular flexibility index (Phi) is 11.6. The maximum atomic E-state index is 14.7. The van der Waals surface area contributed by atoms with E-state index < -0.39 is 47.3 Å². The average molecular weight is 803 g/mol. The summed E-state index contributed by atoms with van der Waals surface area (Å²) in [6, 6.07) is 21.6. The van der Waals surface area contributed by atoms with Crippen LogP contribution in [0.2, 0.25) is 0 Å². The highest BCUT2D eigenvalue weighted by Crippen LogP contribution is 2.35. The maximum Gasteiger partial charge on any atom is 0.243 e. The highest BCUT2D eigenvalue weighted by molar-refractivity contribution is 7.17. The molecule has 3 fully saturated rings. The summed E-state index contributed by atoms with van der Waals surface area (Å²) in [6.07, 6.45) is 5.80. The number of carbonyl (C=O) groups excluding carboxylic acids is 5. The van der Waals surface area contributed by atoms with Gasteiger partial charge in [0.1, 0.15) is 23.7 Å². The minimum absolute atomic E-state index is 0.0914. The molecule has 1 saturated carbocycles. The number of para-hydroxylation sites is 1. The standard InChI is InChI=1S/C44H50N8O5S/c45-43(57)44(16-18-46-19-17-44)52-41(55)34(20-26-8-2-1-3-9-26)49-39(53)35(22-28-24-47-33-12-6-4-10-31(28)33)50-40(54)36(23-29-25-58-37-13-7-5-11-32(29)37)51-42(56)38-27-14-15-30(21-27)48-38/h1-13,24-25,27,30,34-36,38,46-48H,14-23H2,(H2,45,57)(H,49,53)(H,50,54)(H,51,56)(H,52,55)/t27-,30+,34-,35+,36+,38?/m0/s1. The summed E-state index contributed by atoms with van der Waals surface area (Å²) < 4.78 is 1.07. The summed E-state index contributed by atoms with van der Waals surface area (Å²) in [5, 5.41) is 22.5. The molecule has 5 aromatic rings. The topological polar surface area (TPSA) is 199 Å². The van der Waals surface area contributed by atoms with Gasteiger partial charge in [0.2, 0.25) is 29.5 Å². The number of nitrogens with two attached hydrogens (primary N) is 1. The zero-order valence-electron chi connectivity index (χ0n) is 32.2. The third kappa shape index (κ3) is 8.50. The van der Waals surface area contributed by atoms with Gasteiger partial charge in [0.15, 0.2) is 0 Å². The number of hydrogen-bond acceptors (Lipinski definition) is 8. The van der Waals surface area contributed by atoms with Crippen molar-refractivity contribution in [2.24, 2.45) is 11.7 Å². The van der Waals surface area contributed by atoms with Crippen molar-refractivity contribution in [3.05, 3.63) is 107 Å². The Balaban J connectivity index is 1.09. The van der Waals surface area contributed by atoms with Crippen LogP contribution >= 0.6 is 11.3 Å². The molecule has 2 aromatic heterocycles. The predicted molar refractivity (Wildman–Crippen MR) is 224 cm³/mol. The molecule has 4 heterocycles. The second-order valence-electron chi connectivity index (χ2n) is 16.0. The van der Waals surface area contributed by atoms with Gasteiger partial charge in [0, 0.05) is 47.1 Å². The van der Waals surface area contributed by atoms with Crippen LogP contribution in [0.25, 0.3) is 21.0 Å². The Bertz CT molecular complexity index is 2300. The third-order valence-corrected chi connectivity index (χ3v) is 13.2. The van der Waals surface area contributed by atoms with Gasteiger partial charge in [0.05, 0.1) is 6.04 Å². The molecule has 6 atom stereocenters. The van der Waals surface area contributed by atoms with Crippen LogP contribution in [0.1, 0.15) is 48.8 Å². The van der Waals surface area contributed by atoms with Crippen LogP contribution < -0.4 is 37.6 Å². The first-order valence-electron chi connectivity index (χ1n) is 20.2. The van der Waals surface area contributed by atoms with Crippen molar-refractivity contribution in [3.63, 3.8) is 0 Å². The summed E-state index contributed by atoms with van der Waals surface area (Å²) in [7, 11) is 0. The van der Waals surface area contributed by atoms with Gasteiger partial charge in [0.25, 0.3) is 0 Å². The predicted octanol–water partition coefficient (Wildman–Crippen LogP) is 2.73. The second-order valence-corrected chi connectivity index (χ2v) is 16.9. The van der Waals surface area contributed by atoms with E-state index in [0.717, 1.165) is 56.9 Å². The SMILES string of the molecule is NC(=O)C1(NC(=O)[C@H](Cc2ccccc2)NC(=O)[C@@H](Cc2c[nH]c3ccccc23)NC(=O)[C@@H](Cc2csc3ccccc23)NC(=O)C2N[C@@H]3CC[C@H]2C3)CCNCC1. The Labute approximate surface area is 340 Å². The number of H-pyrrole nitrogens is 1. The number of hydrogen-bond donors (Lipinski definition) is 8. The summed E-state index contributed by atoms with van der Waals surface area (Å²) in [4.78, 5) is 73.4. The van der Waals surface area contributed by atoms with Gasteiger partial charge in [-0.25, -0.2) is 0 Å². The number of primary amides is 1. The first kappa shape index (κ1) is 39.3. The highest BCUT2D eigenvalue weighted by Gasteiger charge is 2.44. The Morgan fingerprint density at radius 2 is 1.40 bits per heavy atom. The summed E-state index contributed by atoms with van der Waals surface area (Å²) in [5.41, 5.74) is 7.97. The van der Waals surface area contributed by atoms with Crippen LogP contribution in [-0.4, -0.2) is 83.4 Å². The van der Waals surface area contributed by atoms with Gasteiger partial charge in [-0.15, -0.1) is 11.3 Å². The molecule has 14 heteroatoms. The van der Waals surface area contributed by atoms with E-state index in [1.54, 1.807) is 11.3 Å². The number of aromatic amines is 1. The molecule has 5 amide bonds. The Hall–Kier alpha value is -5.57. The number of nitrogens with one attached hydrogen (secondary N) is 7. The monoisotopic (exact) mass is 802 g/mol. The van der Waals surface area contributed by atoms with Crippen molar-refractivity contribution in [3.8, 4) is 0 Å². The lowest BCUT2D eigenvalue weighted by molar-refractivity contribution is -0.136. The maximum absolute atomic E-state index is 14.7. The normalized spacial score (nSPS) is 21.2. The third-order valence-electron chi connectivity index (χ3n) is 12.2.